The van der Waals surface area contributed by atoms with E-state index in [0.29, 0.717) is 17.6 Å². The first-order valence-electron chi connectivity index (χ1n) is 4.93. The lowest BCUT2D eigenvalue weighted by atomic mass is 10.2. The summed E-state index contributed by atoms with van der Waals surface area (Å²) < 4.78 is 5.11. The van der Waals surface area contributed by atoms with Crippen molar-refractivity contribution in [3.8, 4) is 11.5 Å². The quantitative estimate of drug-likeness (QED) is 0.775. The maximum Gasteiger partial charge on any atom is 0.261 e. The second kappa shape index (κ2) is 3.16. The van der Waals surface area contributed by atoms with E-state index in [9.17, 15) is 0 Å². The Bertz CT molecular complexity index is 445. The van der Waals surface area contributed by atoms with Gasteiger partial charge in [0.2, 0.25) is 0 Å². The second-order valence-electron chi connectivity index (χ2n) is 3.81. The fraction of sp³-hybridized carbons (Fsp3) is 0.444. The van der Waals surface area contributed by atoms with E-state index < -0.39 is 0 Å². The van der Waals surface area contributed by atoms with Gasteiger partial charge in [0.05, 0.1) is 17.8 Å². The zero-order valence-corrected chi connectivity index (χ0v) is 8.05. The van der Waals surface area contributed by atoms with Crippen LogP contribution < -0.4 is 5.73 Å². The third-order valence-corrected chi connectivity index (χ3v) is 2.61. The summed E-state index contributed by atoms with van der Waals surface area (Å²) in [5.74, 6) is 1.59. The first-order valence-corrected chi connectivity index (χ1v) is 4.93. The maximum atomic E-state index is 5.96. The zero-order valence-electron chi connectivity index (χ0n) is 8.05. The Hall–Kier alpha value is -1.69. The van der Waals surface area contributed by atoms with Gasteiger partial charge in [0.1, 0.15) is 0 Å². The van der Waals surface area contributed by atoms with Crippen LogP contribution in [0.4, 0.5) is 0 Å². The number of nitrogens with one attached hydrogen (secondary N) is 1. The zero-order chi connectivity index (χ0) is 10.3. The van der Waals surface area contributed by atoms with Gasteiger partial charge in [0.15, 0.2) is 5.82 Å². The average Bonchev–Trinajstić information content (AvgIpc) is 2.80. The Labute approximate surface area is 85.9 Å². The number of hydrogen-bond acceptors (Lipinski definition) is 5. The summed E-state index contributed by atoms with van der Waals surface area (Å²) >= 11 is 0. The van der Waals surface area contributed by atoms with E-state index in [0.717, 1.165) is 18.4 Å². The Morgan fingerprint density at radius 1 is 1.53 bits per heavy atom. The summed E-state index contributed by atoms with van der Waals surface area (Å²) in [7, 11) is 0. The van der Waals surface area contributed by atoms with E-state index in [1.807, 2.05) is 0 Å². The third kappa shape index (κ3) is 1.52. The molecular weight excluding hydrogens is 194 g/mol. The molecule has 15 heavy (non-hydrogen) atoms. The van der Waals surface area contributed by atoms with Crippen molar-refractivity contribution in [1.82, 2.24) is 20.3 Å². The molecule has 1 fully saturated rings. The van der Waals surface area contributed by atoms with Crippen molar-refractivity contribution in [2.75, 3.05) is 0 Å². The molecule has 0 radical (unpaired) electrons. The molecule has 0 bridgehead atoms. The number of nitrogens with two attached hydrogens (primary N) is 1. The molecule has 2 aromatic rings. The van der Waals surface area contributed by atoms with Crippen LogP contribution in [0.1, 0.15) is 24.7 Å². The van der Waals surface area contributed by atoms with Gasteiger partial charge in [0, 0.05) is 6.20 Å². The number of hydrogen-bond donors (Lipinski definition) is 2. The number of H-pyrrole nitrogens is 1. The largest absolute Gasteiger partial charge is 0.334 e. The molecule has 0 spiro atoms. The van der Waals surface area contributed by atoms with E-state index in [4.69, 9.17) is 10.3 Å². The normalized spacial score (nSPS) is 17.9. The van der Waals surface area contributed by atoms with Gasteiger partial charge in [-0.3, -0.25) is 5.10 Å². The van der Waals surface area contributed by atoms with Gasteiger partial charge in [-0.15, -0.1) is 0 Å². The fourth-order valence-corrected chi connectivity index (χ4v) is 1.52. The first-order chi connectivity index (χ1) is 7.34. The van der Waals surface area contributed by atoms with Gasteiger partial charge in [-0.25, -0.2) is 0 Å². The van der Waals surface area contributed by atoms with Crippen LogP contribution in [0.3, 0.4) is 0 Å². The monoisotopic (exact) mass is 205 g/mol. The Balaban J connectivity index is 1.87. The molecule has 1 aliphatic carbocycles. The van der Waals surface area contributed by atoms with Crippen LogP contribution in [0, 0.1) is 5.92 Å². The van der Waals surface area contributed by atoms with E-state index in [-0.39, 0.29) is 6.04 Å². The van der Waals surface area contributed by atoms with Gasteiger partial charge in [0.25, 0.3) is 5.89 Å². The molecule has 78 valence electrons. The van der Waals surface area contributed by atoms with Crippen LogP contribution in [0.15, 0.2) is 16.9 Å². The molecule has 1 atom stereocenters. The van der Waals surface area contributed by atoms with Crippen molar-refractivity contribution in [2.45, 2.75) is 18.9 Å². The smallest absolute Gasteiger partial charge is 0.261 e. The minimum atomic E-state index is -0.0885. The fourth-order valence-electron chi connectivity index (χ4n) is 1.52. The molecule has 0 aromatic carbocycles. The lowest BCUT2D eigenvalue weighted by Crippen LogP contribution is -2.13. The Kier molecular flexibility index (Phi) is 1.81. The third-order valence-electron chi connectivity index (χ3n) is 2.61. The molecule has 3 rings (SSSR count). The number of aromatic nitrogens is 4. The first kappa shape index (κ1) is 8.60. The standard InChI is InChI=1S/C9H11N5O/c10-7(5-1-2-5)8-13-9(15-14-8)6-3-11-12-4-6/h3-5,7H,1-2,10H2,(H,11,12). The number of nitrogens with zero attached hydrogens (tertiary/aromatic N) is 3. The van der Waals surface area contributed by atoms with E-state index in [2.05, 4.69) is 20.3 Å². The van der Waals surface area contributed by atoms with Crippen molar-refractivity contribution in [3.05, 3.63) is 18.2 Å². The number of aromatic amines is 1. The molecular formula is C9H11N5O. The highest BCUT2D eigenvalue weighted by atomic mass is 16.5. The summed E-state index contributed by atoms with van der Waals surface area (Å²) in [4.78, 5) is 4.25. The molecule has 6 nitrogen and oxygen atoms in total. The molecule has 2 aromatic heterocycles. The molecule has 3 N–H and O–H groups in total. The minimum absolute atomic E-state index is 0.0885. The summed E-state index contributed by atoms with van der Waals surface area (Å²) in [6.45, 7) is 0. The van der Waals surface area contributed by atoms with Crippen molar-refractivity contribution >= 4 is 0 Å². The SMILES string of the molecule is NC(c1noc(-c2cn[nH]c2)n1)C1CC1. The van der Waals surface area contributed by atoms with Crippen LogP contribution in [-0.4, -0.2) is 20.3 Å². The topological polar surface area (TPSA) is 93.6 Å². The van der Waals surface area contributed by atoms with Crippen LogP contribution in [0.5, 0.6) is 0 Å². The van der Waals surface area contributed by atoms with Gasteiger partial charge >= 0.3 is 0 Å². The van der Waals surface area contributed by atoms with Crippen molar-refractivity contribution in [2.24, 2.45) is 11.7 Å². The minimum Gasteiger partial charge on any atom is -0.334 e. The summed E-state index contributed by atoms with van der Waals surface area (Å²) in [5, 5.41) is 10.4. The van der Waals surface area contributed by atoms with Crippen LogP contribution >= 0.6 is 0 Å². The molecule has 6 heteroatoms. The molecule has 2 heterocycles. The van der Waals surface area contributed by atoms with E-state index >= 15 is 0 Å². The highest BCUT2D eigenvalue weighted by Gasteiger charge is 2.32. The molecule has 1 unspecified atom stereocenters. The van der Waals surface area contributed by atoms with E-state index in [1.54, 1.807) is 12.4 Å². The Morgan fingerprint density at radius 3 is 3.07 bits per heavy atom. The molecule has 1 saturated carbocycles. The van der Waals surface area contributed by atoms with Gasteiger partial charge in [-0.1, -0.05) is 5.16 Å². The van der Waals surface area contributed by atoms with Gasteiger partial charge < -0.3 is 10.3 Å². The highest BCUT2D eigenvalue weighted by Crippen LogP contribution is 2.38. The highest BCUT2D eigenvalue weighted by molar-refractivity contribution is 5.49. The average molecular weight is 205 g/mol. The van der Waals surface area contributed by atoms with E-state index in [1.165, 1.54) is 0 Å². The number of rotatable bonds is 3. The predicted octanol–water partition coefficient (Wildman–Crippen LogP) is 0.870. The Morgan fingerprint density at radius 2 is 2.40 bits per heavy atom. The second-order valence-corrected chi connectivity index (χ2v) is 3.81. The maximum absolute atomic E-state index is 5.96. The summed E-state index contributed by atoms with van der Waals surface area (Å²) in [6, 6.07) is -0.0885. The lowest BCUT2D eigenvalue weighted by Gasteiger charge is -2.01. The van der Waals surface area contributed by atoms with Gasteiger partial charge in [-0.05, 0) is 18.8 Å². The summed E-state index contributed by atoms with van der Waals surface area (Å²) in [6.07, 6.45) is 5.67. The summed E-state index contributed by atoms with van der Waals surface area (Å²) in [5.41, 5.74) is 6.75. The predicted molar refractivity (Wildman–Crippen MR) is 51.5 cm³/mol. The molecule has 0 aliphatic heterocycles. The van der Waals surface area contributed by atoms with Crippen molar-refractivity contribution < 1.29 is 4.52 Å². The molecule has 0 amide bonds. The van der Waals surface area contributed by atoms with Crippen molar-refractivity contribution in [3.63, 3.8) is 0 Å². The molecule has 1 aliphatic rings. The van der Waals surface area contributed by atoms with Crippen LogP contribution in [0.2, 0.25) is 0 Å². The van der Waals surface area contributed by atoms with Crippen molar-refractivity contribution in [1.29, 1.82) is 0 Å². The van der Waals surface area contributed by atoms with Crippen LogP contribution in [-0.2, 0) is 0 Å². The van der Waals surface area contributed by atoms with Gasteiger partial charge in [-0.2, -0.15) is 10.1 Å². The lowest BCUT2D eigenvalue weighted by molar-refractivity contribution is 0.411. The molecule has 0 saturated heterocycles. The van der Waals surface area contributed by atoms with Crippen LogP contribution in [0.25, 0.3) is 11.5 Å².